The van der Waals surface area contributed by atoms with E-state index in [1.54, 1.807) is 10.6 Å². The predicted octanol–water partition coefficient (Wildman–Crippen LogP) is 4.98. The number of carbonyl (C=O) groups is 1. The fourth-order valence-electron chi connectivity index (χ4n) is 4.07. The molecule has 0 N–H and O–H groups in total. The van der Waals surface area contributed by atoms with Crippen molar-refractivity contribution in [2.75, 3.05) is 12.8 Å². The third-order valence-electron chi connectivity index (χ3n) is 5.92. The van der Waals surface area contributed by atoms with Gasteiger partial charge < -0.3 is 4.90 Å². The first-order chi connectivity index (χ1) is 15.0. The molecule has 2 aromatic carbocycles. The van der Waals surface area contributed by atoms with Gasteiger partial charge in [-0.05, 0) is 42.7 Å². The molecule has 162 valence electrons. The van der Waals surface area contributed by atoms with Crippen LogP contribution in [0.4, 0.5) is 0 Å². The van der Waals surface area contributed by atoms with Crippen molar-refractivity contribution in [3.8, 4) is 0 Å². The topological polar surface area (TPSA) is 55.2 Å². The zero-order valence-electron chi connectivity index (χ0n) is 17.6. The van der Waals surface area contributed by atoms with Gasteiger partial charge in [0.25, 0.3) is 5.56 Å². The lowest BCUT2D eigenvalue weighted by molar-refractivity contribution is -0.129. The first kappa shape index (κ1) is 21.9. The smallest absolute Gasteiger partial charge is 0.262 e. The average molecular weight is 456 g/mol. The van der Waals surface area contributed by atoms with E-state index in [4.69, 9.17) is 16.6 Å². The van der Waals surface area contributed by atoms with Crippen molar-refractivity contribution in [2.45, 2.75) is 49.8 Å². The average Bonchev–Trinajstić information content (AvgIpc) is 2.81. The number of fused-ring (bicyclic) bond motifs is 1. The fraction of sp³-hybridized carbons (Fsp3) is 0.375. The van der Waals surface area contributed by atoms with Crippen LogP contribution in [-0.2, 0) is 11.3 Å². The van der Waals surface area contributed by atoms with Crippen LogP contribution in [0.25, 0.3) is 10.9 Å². The van der Waals surface area contributed by atoms with E-state index in [1.165, 1.54) is 31.0 Å². The second kappa shape index (κ2) is 9.88. The molecule has 1 aromatic heterocycles. The highest BCUT2D eigenvalue weighted by molar-refractivity contribution is 7.99. The highest BCUT2D eigenvalue weighted by atomic mass is 35.5. The van der Waals surface area contributed by atoms with Gasteiger partial charge in [0, 0.05) is 18.1 Å². The van der Waals surface area contributed by atoms with E-state index in [-0.39, 0.29) is 17.2 Å². The van der Waals surface area contributed by atoms with E-state index >= 15 is 0 Å². The second-order valence-corrected chi connectivity index (χ2v) is 9.39. The molecule has 1 fully saturated rings. The number of carbonyl (C=O) groups excluding carboxylic acids is 1. The number of halogens is 1. The quantitative estimate of drug-likeness (QED) is 0.388. The molecule has 1 amide bonds. The molecule has 0 bridgehead atoms. The van der Waals surface area contributed by atoms with Gasteiger partial charge in [-0.3, -0.25) is 14.2 Å². The monoisotopic (exact) mass is 455 g/mol. The molecule has 0 saturated heterocycles. The Balaban J connectivity index is 1.60. The maximum Gasteiger partial charge on any atom is 0.262 e. The van der Waals surface area contributed by atoms with Gasteiger partial charge in [-0.15, -0.1) is 0 Å². The highest BCUT2D eigenvalue weighted by Crippen LogP contribution is 2.24. The Kier molecular flexibility index (Phi) is 6.98. The molecule has 5 nitrogen and oxygen atoms in total. The van der Waals surface area contributed by atoms with Crippen molar-refractivity contribution in [1.82, 2.24) is 14.5 Å². The Labute approximate surface area is 191 Å². The van der Waals surface area contributed by atoms with Crippen LogP contribution in [0.1, 0.15) is 37.7 Å². The summed E-state index contributed by atoms with van der Waals surface area (Å²) in [6.07, 6.45) is 5.76. The summed E-state index contributed by atoms with van der Waals surface area (Å²) in [5.74, 6) is 0.343. The number of benzene rings is 2. The highest BCUT2D eigenvalue weighted by Gasteiger charge is 2.23. The number of hydrogen-bond acceptors (Lipinski definition) is 4. The molecule has 0 atom stereocenters. The molecular formula is C24H26ClN3O2S. The van der Waals surface area contributed by atoms with E-state index in [1.807, 2.05) is 54.4 Å². The molecule has 1 aliphatic rings. The maximum atomic E-state index is 13.2. The van der Waals surface area contributed by atoms with E-state index in [0.29, 0.717) is 33.7 Å². The molecule has 7 heteroatoms. The summed E-state index contributed by atoms with van der Waals surface area (Å²) in [5, 5.41) is 1.79. The van der Waals surface area contributed by atoms with Crippen molar-refractivity contribution in [3.05, 3.63) is 69.5 Å². The van der Waals surface area contributed by atoms with Gasteiger partial charge in [0.2, 0.25) is 5.91 Å². The van der Waals surface area contributed by atoms with Crippen LogP contribution in [-0.4, -0.2) is 39.2 Å². The Bertz CT molecular complexity index is 1120. The lowest BCUT2D eigenvalue weighted by Gasteiger charge is -2.31. The SMILES string of the molecule is CN(C(=O)CSc1nc2ccccc2c(=O)n1Cc1ccc(Cl)cc1)C1CCCCC1. The molecule has 1 saturated carbocycles. The minimum atomic E-state index is -0.101. The summed E-state index contributed by atoms with van der Waals surface area (Å²) in [6.45, 7) is 0.378. The summed E-state index contributed by atoms with van der Waals surface area (Å²) in [5.41, 5.74) is 1.50. The first-order valence-electron chi connectivity index (χ1n) is 10.7. The molecule has 3 aromatic rings. The molecule has 1 aliphatic carbocycles. The number of amides is 1. The summed E-state index contributed by atoms with van der Waals surface area (Å²) >= 11 is 7.34. The largest absolute Gasteiger partial charge is 0.342 e. The minimum absolute atomic E-state index is 0.0809. The Hall–Kier alpha value is -2.31. The van der Waals surface area contributed by atoms with Gasteiger partial charge in [-0.25, -0.2) is 4.98 Å². The standard InChI is InChI=1S/C24H26ClN3O2S/c1-27(19-7-3-2-4-8-19)22(29)16-31-24-26-21-10-6-5-9-20(21)23(30)28(24)15-17-11-13-18(25)14-12-17/h5-6,9-14,19H,2-4,7-8,15-16H2,1H3. The summed E-state index contributed by atoms with van der Waals surface area (Å²) in [4.78, 5) is 32.7. The van der Waals surface area contributed by atoms with Gasteiger partial charge in [0.1, 0.15) is 0 Å². The van der Waals surface area contributed by atoms with E-state index in [2.05, 4.69) is 0 Å². The van der Waals surface area contributed by atoms with E-state index in [9.17, 15) is 9.59 Å². The zero-order valence-corrected chi connectivity index (χ0v) is 19.2. The van der Waals surface area contributed by atoms with Crippen LogP contribution in [0.5, 0.6) is 0 Å². The molecule has 4 rings (SSSR count). The number of hydrogen-bond donors (Lipinski definition) is 0. The van der Waals surface area contributed by atoms with Gasteiger partial charge in [-0.1, -0.05) is 66.9 Å². The number of thioether (sulfide) groups is 1. The van der Waals surface area contributed by atoms with Gasteiger partial charge >= 0.3 is 0 Å². The summed E-state index contributed by atoms with van der Waals surface area (Å²) in [6, 6.07) is 15.1. The number of rotatable bonds is 6. The summed E-state index contributed by atoms with van der Waals surface area (Å²) in [7, 11) is 1.90. The zero-order chi connectivity index (χ0) is 21.8. The molecule has 0 unspecified atom stereocenters. The third-order valence-corrected chi connectivity index (χ3v) is 7.13. The Morgan fingerprint density at radius 3 is 2.58 bits per heavy atom. The lowest BCUT2D eigenvalue weighted by atomic mass is 9.94. The number of nitrogens with zero attached hydrogens (tertiary/aromatic N) is 3. The Morgan fingerprint density at radius 2 is 1.84 bits per heavy atom. The summed E-state index contributed by atoms with van der Waals surface area (Å²) < 4.78 is 1.66. The van der Waals surface area contributed by atoms with Crippen molar-refractivity contribution in [1.29, 1.82) is 0 Å². The Morgan fingerprint density at radius 1 is 1.13 bits per heavy atom. The second-order valence-electron chi connectivity index (χ2n) is 8.01. The van der Waals surface area contributed by atoms with Crippen LogP contribution in [0, 0.1) is 0 Å². The van der Waals surface area contributed by atoms with Gasteiger partial charge in [-0.2, -0.15) is 0 Å². The number of para-hydroxylation sites is 1. The van der Waals surface area contributed by atoms with Crippen LogP contribution in [0.15, 0.2) is 58.5 Å². The predicted molar refractivity (Wildman–Crippen MR) is 127 cm³/mol. The van der Waals surface area contributed by atoms with Crippen LogP contribution >= 0.6 is 23.4 Å². The van der Waals surface area contributed by atoms with Crippen molar-refractivity contribution in [3.63, 3.8) is 0 Å². The van der Waals surface area contributed by atoms with Crippen molar-refractivity contribution in [2.24, 2.45) is 0 Å². The normalized spacial score (nSPS) is 14.6. The molecule has 31 heavy (non-hydrogen) atoms. The van der Waals surface area contributed by atoms with Gasteiger partial charge in [0.15, 0.2) is 5.16 Å². The fourth-order valence-corrected chi connectivity index (χ4v) is 5.12. The lowest BCUT2D eigenvalue weighted by Crippen LogP contribution is -2.39. The number of aromatic nitrogens is 2. The van der Waals surface area contributed by atoms with E-state index in [0.717, 1.165) is 18.4 Å². The molecule has 1 heterocycles. The molecule has 0 spiro atoms. The van der Waals surface area contributed by atoms with Crippen LogP contribution < -0.4 is 5.56 Å². The molecule has 0 radical (unpaired) electrons. The van der Waals surface area contributed by atoms with Crippen molar-refractivity contribution >= 4 is 40.2 Å². The molecule has 0 aliphatic heterocycles. The van der Waals surface area contributed by atoms with Crippen LogP contribution in [0.2, 0.25) is 5.02 Å². The van der Waals surface area contributed by atoms with Crippen molar-refractivity contribution < 1.29 is 4.79 Å². The first-order valence-corrected chi connectivity index (χ1v) is 12.0. The van der Waals surface area contributed by atoms with Gasteiger partial charge in [0.05, 0.1) is 23.2 Å². The van der Waals surface area contributed by atoms with E-state index < -0.39 is 0 Å². The maximum absolute atomic E-state index is 13.2. The minimum Gasteiger partial charge on any atom is -0.342 e. The molecular weight excluding hydrogens is 430 g/mol. The third kappa shape index (κ3) is 5.13. The van der Waals surface area contributed by atoms with Crippen LogP contribution in [0.3, 0.4) is 0 Å².